The number of aryl methyl sites for hydroxylation is 1. The van der Waals surface area contributed by atoms with E-state index in [1.807, 2.05) is 12.3 Å². The van der Waals surface area contributed by atoms with Crippen LogP contribution in [0.5, 0.6) is 0 Å². The van der Waals surface area contributed by atoms with Crippen molar-refractivity contribution >= 4 is 21.4 Å². The Morgan fingerprint density at radius 1 is 1.53 bits per heavy atom. The minimum atomic E-state index is -3.38. The summed E-state index contributed by atoms with van der Waals surface area (Å²) in [4.78, 5) is 1.13. The maximum atomic E-state index is 12.1. The van der Waals surface area contributed by atoms with Gasteiger partial charge in [-0.3, -0.25) is 0 Å². The first-order valence-electron chi connectivity index (χ1n) is 5.81. The topological polar surface area (TPSA) is 72.2 Å². The fraction of sp³-hybridized carbons (Fsp3) is 0.636. The summed E-state index contributed by atoms with van der Waals surface area (Å²) in [6, 6.07) is 0. The minimum Gasteiger partial charge on any atom is -0.326 e. The summed E-state index contributed by atoms with van der Waals surface area (Å²) in [6.45, 7) is 2.62. The summed E-state index contributed by atoms with van der Waals surface area (Å²) in [5.74, 6) is 0.732. The van der Waals surface area contributed by atoms with Gasteiger partial charge in [-0.15, -0.1) is 11.3 Å². The van der Waals surface area contributed by atoms with Crippen molar-refractivity contribution in [3.05, 3.63) is 15.8 Å². The second-order valence-corrected chi connectivity index (χ2v) is 7.17. The van der Waals surface area contributed by atoms with E-state index in [9.17, 15) is 8.42 Å². The molecule has 17 heavy (non-hydrogen) atoms. The molecule has 96 valence electrons. The quantitative estimate of drug-likeness (QED) is 0.827. The summed E-state index contributed by atoms with van der Waals surface area (Å²) < 4.78 is 26.9. The molecule has 2 rings (SSSR count). The molecule has 1 aromatic rings. The van der Waals surface area contributed by atoms with Crippen molar-refractivity contribution in [2.24, 2.45) is 11.7 Å². The van der Waals surface area contributed by atoms with Crippen molar-refractivity contribution in [3.63, 3.8) is 0 Å². The predicted octanol–water partition coefficient (Wildman–Crippen LogP) is 1.59. The van der Waals surface area contributed by atoms with E-state index < -0.39 is 10.0 Å². The van der Waals surface area contributed by atoms with Gasteiger partial charge in [-0.2, -0.15) is 0 Å². The van der Waals surface area contributed by atoms with Crippen molar-refractivity contribution in [2.45, 2.75) is 37.6 Å². The Labute approximate surface area is 106 Å². The van der Waals surface area contributed by atoms with Crippen LogP contribution < -0.4 is 10.5 Å². The Kier molecular flexibility index (Phi) is 3.87. The lowest BCUT2D eigenvalue weighted by molar-refractivity contribution is 0.574. The molecule has 1 fully saturated rings. The molecule has 1 heterocycles. The van der Waals surface area contributed by atoms with Gasteiger partial charge < -0.3 is 5.73 Å². The maximum absolute atomic E-state index is 12.1. The van der Waals surface area contributed by atoms with E-state index in [-0.39, 0.29) is 6.54 Å². The van der Waals surface area contributed by atoms with Crippen LogP contribution in [0.2, 0.25) is 0 Å². The van der Waals surface area contributed by atoms with Gasteiger partial charge >= 0.3 is 0 Å². The van der Waals surface area contributed by atoms with Crippen molar-refractivity contribution in [2.75, 3.05) is 6.54 Å². The zero-order valence-corrected chi connectivity index (χ0v) is 11.5. The fourth-order valence-electron chi connectivity index (χ4n) is 1.87. The zero-order chi connectivity index (χ0) is 12.5. The summed E-state index contributed by atoms with van der Waals surface area (Å²) in [5, 5.41) is 1.84. The third-order valence-electron chi connectivity index (χ3n) is 2.99. The first-order chi connectivity index (χ1) is 8.04. The van der Waals surface area contributed by atoms with Crippen LogP contribution in [-0.4, -0.2) is 15.0 Å². The van der Waals surface area contributed by atoms with E-state index in [0.29, 0.717) is 11.4 Å². The number of nitrogens with two attached hydrogens (primary N) is 1. The molecule has 1 aliphatic rings. The molecule has 0 atom stereocenters. The molecule has 0 saturated heterocycles. The van der Waals surface area contributed by atoms with E-state index in [1.165, 1.54) is 24.2 Å². The van der Waals surface area contributed by atoms with Gasteiger partial charge in [0.2, 0.25) is 10.0 Å². The predicted molar refractivity (Wildman–Crippen MR) is 69.5 cm³/mol. The normalized spacial score (nSPS) is 16.4. The summed E-state index contributed by atoms with van der Waals surface area (Å²) in [6.07, 6.45) is 3.43. The first kappa shape index (κ1) is 13.0. The Morgan fingerprint density at radius 3 is 2.82 bits per heavy atom. The molecule has 4 nitrogen and oxygen atoms in total. The lowest BCUT2D eigenvalue weighted by atomic mass is 10.3. The van der Waals surface area contributed by atoms with Crippen LogP contribution in [-0.2, 0) is 16.6 Å². The van der Waals surface area contributed by atoms with Crippen molar-refractivity contribution in [3.8, 4) is 0 Å². The van der Waals surface area contributed by atoms with E-state index in [4.69, 9.17) is 5.73 Å². The molecule has 0 radical (unpaired) electrons. The van der Waals surface area contributed by atoms with Crippen LogP contribution in [0.4, 0.5) is 0 Å². The molecule has 1 saturated carbocycles. The second-order valence-electron chi connectivity index (χ2n) is 4.50. The van der Waals surface area contributed by atoms with E-state index in [1.54, 1.807) is 0 Å². The number of hydrogen-bond acceptors (Lipinski definition) is 4. The number of rotatable bonds is 6. The lowest BCUT2D eigenvalue weighted by Gasteiger charge is -2.08. The van der Waals surface area contributed by atoms with Gasteiger partial charge in [0.25, 0.3) is 0 Å². The van der Waals surface area contributed by atoms with Crippen LogP contribution in [0.1, 0.15) is 29.7 Å². The summed E-state index contributed by atoms with van der Waals surface area (Å²) in [7, 11) is -3.38. The molecule has 0 amide bonds. The molecule has 0 unspecified atom stereocenters. The minimum absolute atomic E-state index is 0.275. The molecule has 6 heteroatoms. The van der Waals surface area contributed by atoms with Crippen molar-refractivity contribution in [1.29, 1.82) is 0 Å². The number of thiophene rings is 1. The largest absolute Gasteiger partial charge is 0.326 e. The van der Waals surface area contributed by atoms with Crippen LogP contribution in [0.3, 0.4) is 0 Å². The zero-order valence-electron chi connectivity index (χ0n) is 9.90. The molecule has 0 spiro atoms. The monoisotopic (exact) mass is 274 g/mol. The SMILES string of the molecule is Cc1csc(CN)c1S(=O)(=O)NCCC1CC1. The van der Waals surface area contributed by atoms with Crippen molar-refractivity contribution < 1.29 is 8.42 Å². The summed E-state index contributed by atoms with van der Waals surface area (Å²) >= 11 is 1.41. The maximum Gasteiger partial charge on any atom is 0.241 e. The van der Waals surface area contributed by atoms with Gasteiger partial charge in [0, 0.05) is 18.0 Å². The number of nitrogens with one attached hydrogen (secondary N) is 1. The van der Waals surface area contributed by atoms with Gasteiger partial charge in [-0.1, -0.05) is 12.8 Å². The molecular formula is C11H18N2O2S2. The average molecular weight is 274 g/mol. The number of hydrogen-bond donors (Lipinski definition) is 2. The van der Waals surface area contributed by atoms with E-state index >= 15 is 0 Å². The average Bonchev–Trinajstić information content (AvgIpc) is 2.99. The lowest BCUT2D eigenvalue weighted by Crippen LogP contribution is -2.26. The molecule has 3 N–H and O–H groups in total. The molecular weight excluding hydrogens is 256 g/mol. The van der Waals surface area contributed by atoms with E-state index in [0.717, 1.165) is 22.8 Å². The fourth-order valence-corrected chi connectivity index (χ4v) is 4.61. The highest BCUT2D eigenvalue weighted by atomic mass is 32.2. The van der Waals surface area contributed by atoms with Gasteiger partial charge in [-0.05, 0) is 30.2 Å². The van der Waals surface area contributed by atoms with Gasteiger partial charge in [0.05, 0.1) is 0 Å². The van der Waals surface area contributed by atoms with Crippen LogP contribution >= 0.6 is 11.3 Å². The Hall–Kier alpha value is -0.430. The molecule has 0 bridgehead atoms. The molecule has 1 aliphatic carbocycles. The third-order valence-corrected chi connectivity index (χ3v) is 5.93. The van der Waals surface area contributed by atoms with Crippen LogP contribution in [0.25, 0.3) is 0 Å². The molecule has 0 aromatic carbocycles. The highest BCUT2D eigenvalue weighted by Gasteiger charge is 2.24. The highest BCUT2D eigenvalue weighted by molar-refractivity contribution is 7.89. The second kappa shape index (κ2) is 5.06. The molecule has 0 aliphatic heterocycles. The number of sulfonamides is 1. The van der Waals surface area contributed by atoms with Crippen LogP contribution in [0.15, 0.2) is 10.3 Å². The van der Waals surface area contributed by atoms with Gasteiger partial charge in [0.15, 0.2) is 0 Å². The smallest absolute Gasteiger partial charge is 0.241 e. The first-order valence-corrected chi connectivity index (χ1v) is 8.17. The Morgan fingerprint density at radius 2 is 2.24 bits per heavy atom. The molecule has 1 aromatic heterocycles. The summed E-state index contributed by atoms with van der Waals surface area (Å²) in [5.41, 5.74) is 6.35. The van der Waals surface area contributed by atoms with Gasteiger partial charge in [-0.25, -0.2) is 13.1 Å². The van der Waals surface area contributed by atoms with Crippen molar-refractivity contribution in [1.82, 2.24) is 4.72 Å². The highest BCUT2D eigenvalue weighted by Crippen LogP contribution is 2.32. The Balaban J connectivity index is 2.09. The third kappa shape index (κ3) is 3.07. The standard InChI is InChI=1S/C11H18N2O2S2/c1-8-7-16-10(6-12)11(8)17(14,15)13-5-4-9-2-3-9/h7,9,13H,2-6,12H2,1H3. The van der Waals surface area contributed by atoms with Crippen LogP contribution in [0, 0.1) is 12.8 Å². The van der Waals surface area contributed by atoms with E-state index in [2.05, 4.69) is 4.72 Å². The van der Waals surface area contributed by atoms with Gasteiger partial charge in [0.1, 0.15) is 4.90 Å². The Bertz CT molecular complexity index is 490.